The zero-order valence-corrected chi connectivity index (χ0v) is 16.8. The summed E-state index contributed by atoms with van der Waals surface area (Å²) in [7, 11) is 4.68. The summed E-state index contributed by atoms with van der Waals surface area (Å²) in [5.41, 5.74) is 2.11. The van der Waals surface area contributed by atoms with Gasteiger partial charge in [0.15, 0.2) is 11.5 Å². The molecule has 1 heterocycles. The number of hydrogen-bond acceptors (Lipinski definition) is 5. The highest BCUT2D eigenvalue weighted by molar-refractivity contribution is 7.17. The van der Waals surface area contributed by atoms with Gasteiger partial charge in [0.2, 0.25) is 0 Å². The maximum atomic E-state index is 12.8. The lowest BCUT2D eigenvalue weighted by molar-refractivity contribution is 0.0963. The first-order valence-electron chi connectivity index (χ1n) is 8.88. The molecule has 2 aromatic rings. The molecule has 1 aromatic heterocycles. The predicted molar refractivity (Wildman–Crippen MR) is 106 cm³/mol. The van der Waals surface area contributed by atoms with Gasteiger partial charge in [0, 0.05) is 17.5 Å². The first-order valence-corrected chi connectivity index (χ1v) is 9.70. The number of hydrogen-bond donors (Lipinski definition) is 2. The van der Waals surface area contributed by atoms with Crippen molar-refractivity contribution in [1.29, 1.82) is 0 Å². The molecular formula is C20H24N2O4S. The third kappa shape index (κ3) is 3.78. The van der Waals surface area contributed by atoms with Crippen molar-refractivity contribution in [1.82, 2.24) is 5.32 Å². The SMILES string of the molecule is CNC(=O)c1c(NC(=O)c2ccc(OC)c(OC)c2)sc2c1CC[C@@H](C)C2. The molecule has 2 amide bonds. The quantitative estimate of drug-likeness (QED) is 0.822. The van der Waals surface area contributed by atoms with Gasteiger partial charge in [-0.05, 0) is 48.9 Å². The van der Waals surface area contributed by atoms with Gasteiger partial charge in [-0.2, -0.15) is 0 Å². The molecule has 0 saturated heterocycles. The molecule has 27 heavy (non-hydrogen) atoms. The smallest absolute Gasteiger partial charge is 0.256 e. The lowest BCUT2D eigenvalue weighted by Gasteiger charge is -2.18. The van der Waals surface area contributed by atoms with Crippen LogP contribution in [0.25, 0.3) is 0 Å². The van der Waals surface area contributed by atoms with Crippen LogP contribution in [0.4, 0.5) is 5.00 Å². The topological polar surface area (TPSA) is 76.7 Å². The Hall–Kier alpha value is -2.54. The van der Waals surface area contributed by atoms with E-state index in [1.165, 1.54) is 23.3 Å². The molecule has 1 aliphatic rings. The first-order chi connectivity index (χ1) is 13.0. The Morgan fingerprint density at radius 2 is 1.89 bits per heavy atom. The van der Waals surface area contributed by atoms with Gasteiger partial charge in [-0.15, -0.1) is 11.3 Å². The van der Waals surface area contributed by atoms with Crippen LogP contribution < -0.4 is 20.1 Å². The third-order valence-electron chi connectivity index (χ3n) is 4.84. The summed E-state index contributed by atoms with van der Waals surface area (Å²) < 4.78 is 10.5. The van der Waals surface area contributed by atoms with Gasteiger partial charge >= 0.3 is 0 Å². The van der Waals surface area contributed by atoms with Crippen LogP contribution in [0.15, 0.2) is 18.2 Å². The summed E-state index contributed by atoms with van der Waals surface area (Å²) in [6, 6.07) is 4.99. The average Bonchev–Trinajstić information content (AvgIpc) is 3.03. The second-order valence-corrected chi connectivity index (χ2v) is 7.76. The molecule has 2 N–H and O–H groups in total. The molecule has 1 atom stereocenters. The van der Waals surface area contributed by atoms with Gasteiger partial charge in [0.25, 0.3) is 11.8 Å². The molecule has 7 heteroatoms. The van der Waals surface area contributed by atoms with Crippen molar-refractivity contribution in [2.75, 3.05) is 26.6 Å². The van der Waals surface area contributed by atoms with E-state index in [0.29, 0.717) is 33.5 Å². The second kappa shape index (κ2) is 8.00. The van der Waals surface area contributed by atoms with E-state index in [2.05, 4.69) is 17.6 Å². The van der Waals surface area contributed by atoms with Gasteiger partial charge in [0.05, 0.1) is 19.8 Å². The van der Waals surface area contributed by atoms with Crippen LogP contribution in [-0.4, -0.2) is 33.1 Å². The predicted octanol–water partition coefficient (Wildman–Crippen LogP) is 3.50. The number of benzene rings is 1. The monoisotopic (exact) mass is 388 g/mol. The molecule has 0 saturated carbocycles. The van der Waals surface area contributed by atoms with E-state index in [0.717, 1.165) is 24.8 Å². The Morgan fingerprint density at radius 1 is 1.15 bits per heavy atom. The van der Waals surface area contributed by atoms with E-state index in [1.54, 1.807) is 32.4 Å². The molecule has 0 bridgehead atoms. The van der Waals surface area contributed by atoms with Crippen molar-refractivity contribution < 1.29 is 19.1 Å². The van der Waals surface area contributed by atoms with Crippen LogP contribution in [0.1, 0.15) is 44.5 Å². The molecule has 0 unspecified atom stereocenters. The molecular weight excluding hydrogens is 364 g/mol. The summed E-state index contributed by atoms with van der Waals surface area (Å²) in [5, 5.41) is 6.23. The normalized spacial score (nSPS) is 15.6. The van der Waals surface area contributed by atoms with Gasteiger partial charge in [-0.25, -0.2) is 0 Å². The number of methoxy groups -OCH3 is 2. The first kappa shape index (κ1) is 19.2. The Morgan fingerprint density at radius 3 is 2.56 bits per heavy atom. The van der Waals surface area contributed by atoms with E-state index < -0.39 is 0 Å². The van der Waals surface area contributed by atoms with Gasteiger partial charge in [-0.1, -0.05) is 6.92 Å². The number of ether oxygens (including phenoxy) is 2. The number of rotatable bonds is 5. The number of anilines is 1. The van der Waals surface area contributed by atoms with Crippen molar-refractivity contribution >= 4 is 28.2 Å². The number of amides is 2. The van der Waals surface area contributed by atoms with Crippen LogP contribution in [0.3, 0.4) is 0 Å². The van der Waals surface area contributed by atoms with Crippen molar-refractivity contribution in [3.8, 4) is 11.5 Å². The van der Waals surface area contributed by atoms with Crippen LogP contribution >= 0.6 is 11.3 Å². The van der Waals surface area contributed by atoms with E-state index in [9.17, 15) is 9.59 Å². The fraction of sp³-hybridized carbons (Fsp3) is 0.400. The summed E-state index contributed by atoms with van der Waals surface area (Å²) in [6.07, 6.45) is 2.86. The minimum atomic E-state index is -0.284. The second-order valence-electron chi connectivity index (χ2n) is 6.66. The van der Waals surface area contributed by atoms with E-state index in [4.69, 9.17) is 9.47 Å². The van der Waals surface area contributed by atoms with Crippen LogP contribution in [0.5, 0.6) is 11.5 Å². The molecule has 0 spiro atoms. The Bertz CT molecular complexity index is 875. The van der Waals surface area contributed by atoms with E-state index in [-0.39, 0.29) is 11.8 Å². The largest absolute Gasteiger partial charge is 0.493 e. The van der Waals surface area contributed by atoms with Gasteiger partial charge in [-0.3, -0.25) is 9.59 Å². The maximum Gasteiger partial charge on any atom is 0.256 e. The summed E-state index contributed by atoms with van der Waals surface area (Å²) in [6.45, 7) is 2.21. The number of thiophene rings is 1. The third-order valence-corrected chi connectivity index (χ3v) is 6.01. The molecule has 6 nitrogen and oxygen atoms in total. The number of nitrogens with one attached hydrogen (secondary N) is 2. The van der Waals surface area contributed by atoms with Crippen molar-refractivity contribution in [3.63, 3.8) is 0 Å². The highest BCUT2D eigenvalue weighted by Gasteiger charge is 2.28. The van der Waals surface area contributed by atoms with Gasteiger partial charge < -0.3 is 20.1 Å². The summed E-state index contributed by atoms with van der Waals surface area (Å²) >= 11 is 1.50. The Labute approximate surface area is 162 Å². The molecule has 144 valence electrons. The molecule has 1 aromatic carbocycles. The van der Waals surface area contributed by atoms with Crippen LogP contribution in [-0.2, 0) is 12.8 Å². The Kier molecular flexibility index (Phi) is 5.70. The molecule has 0 fully saturated rings. The van der Waals surface area contributed by atoms with Crippen LogP contribution in [0.2, 0.25) is 0 Å². The average molecular weight is 388 g/mol. The molecule has 0 aliphatic heterocycles. The fourth-order valence-electron chi connectivity index (χ4n) is 3.36. The number of carbonyl (C=O) groups is 2. The zero-order chi connectivity index (χ0) is 19.6. The van der Waals surface area contributed by atoms with Gasteiger partial charge in [0.1, 0.15) is 5.00 Å². The highest BCUT2D eigenvalue weighted by Crippen LogP contribution is 2.40. The molecule has 3 rings (SSSR count). The van der Waals surface area contributed by atoms with Crippen molar-refractivity contribution in [2.24, 2.45) is 5.92 Å². The summed E-state index contributed by atoms with van der Waals surface area (Å²) in [5.74, 6) is 1.18. The molecule has 0 radical (unpaired) electrons. The standard InChI is InChI=1S/C20H24N2O4S/c1-11-5-7-13-16(9-11)27-20(17(13)19(24)21-2)22-18(23)12-6-8-14(25-3)15(10-12)26-4/h6,8,10-11H,5,7,9H2,1-4H3,(H,21,24)(H,22,23)/t11-/m1/s1. The fourth-order valence-corrected chi connectivity index (χ4v) is 4.76. The maximum absolute atomic E-state index is 12.8. The van der Waals surface area contributed by atoms with Crippen LogP contribution in [0, 0.1) is 5.92 Å². The number of fused-ring (bicyclic) bond motifs is 1. The van der Waals surface area contributed by atoms with E-state index in [1.807, 2.05) is 0 Å². The lowest BCUT2D eigenvalue weighted by Crippen LogP contribution is -2.22. The minimum absolute atomic E-state index is 0.162. The summed E-state index contributed by atoms with van der Waals surface area (Å²) in [4.78, 5) is 26.4. The molecule has 1 aliphatic carbocycles. The number of carbonyl (C=O) groups excluding carboxylic acids is 2. The zero-order valence-electron chi connectivity index (χ0n) is 16.0. The lowest BCUT2D eigenvalue weighted by atomic mass is 9.88. The van der Waals surface area contributed by atoms with Crippen molar-refractivity contribution in [2.45, 2.75) is 26.2 Å². The minimum Gasteiger partial charge on any atom is -0.493 e. The highest BCUT2D eigenvalue weighted by atomic mass is 32.1. The van der Waals surface area contributed by atoms with Crippen molar-refractivity contribution in [3.05, 3.63) is 39.8 Å². The Balaban J connectivity index is 1.93. The van der Waals surface area contributed by atoms with E-state index >= 15 is 0 Å².